The van der Waals surface area contributed by atoms with Gasteiger partial charge in [-0.05, 0) is 46.0 Å². The Morgan fingerprint density at radius 1 is 1.50 bits per heavy atom. The van der Waals surface area contributed by atoms with E-state index in [9.17, 15) is 4.79 Å². The Kier molecular flexibility index (Phi) is 5.10. The van der Waals surface area contributed by atoms with E-state index in [1.807, 2.05) is 23.1 Å². The summed E-state index contributed by atoms with van der Waals surface area (Å²) in [5.74, 6) is 0.610. The van der Waals surface area contributed by atoms with Crippen LogP contribution in [-0.2, 0) is 4.79 Å². The molecule has 2 atom stereocenters. The Morgan fingerprint density at radius 3 is 2.80 bits per heavy atom. The van der Waals surface area contributed by atoms with E-state index in [0.717, 1.165) is 23.0 Å². The lowest BCUT2D eigenvalue weighted by Crippen LogP contribution is -2.49. The number of carbonyl (C=O) groups is 1. The molecule has 2 N–H and O–H groups in total. The summed E-state index contributed by atoms with van der Waals surface area (Å²) in [6.07, 6.45) is 1.28. The molecule has 0 aromatic heterocycles. The maximum absolute atomic E-state index is 12.2. The van der Waals surface area contributed by atoms with E-state index < -0.39 is 0 Å². The molecule has 1 aliphatic rings. The molecule has 1 aliphatic heterocycles. The van der Waals surface area contributed by atoms with Gasteiger partial charge in [0.1, 0.15) is 0 Å². The molecule has 2 unspecified atom stereocenters. The minimum absolute atomic E-state index is 0.0282. The zero-order chi connectivity index (χ0) is 14.9. The van der Waals surface area contributed by atoms with Gasteiger partial charge in [0.15, 0.2) is 0 Å². The average molecular weight is 360 g/mol. The molecule has 1 amide bonds. The highest BCUT2D eigenvalue weighted by molar-refractivity contribution is 9.10. The topological polar surface area (TPSA) is 46.3 Å². The third-order valence-electron chi connectivity index (χ3n) is 3.60. The highest BCUT2D eigenvalue weighted by atomic mass is 79.9. The average Bonchev–Trinajstić information content (AvgIpc) is 2.37. The highest BCUT2D eigenvalue weighted by Crippen LogP contribution is 2.34. The number of hydrogen-bond donors (Lipinski definition) is 1. The number of piperidine rings is 1. The van der Waals surface area contributed by atoms with Crippen molar-refractivity contribution >= 4 is 33.4 Å². The molecule has 0 spiro atoms. The zero-order valence-electron chi connectivity index (χ0n) is 11.8. The predicted molar refractivity (Wildman–Crippen MR) is 85.7 cm³/mol. The number of nitrogens with two attached hydrogens (primary N) is 1. The lowest BCUT2D eigenvalue weighted by atomic mass is 9.90. The van der Waals surface area contributed by atoms with Crippen LogP contribution < -0.4 is 5.73 Å². The fraction of sp³-hybridized carbons (Fsp3) is 0.533. The van der Waals surface area contributed by atoms with Crippen LogP contribution in [0.3, 0.4) is 0 Å². The second-order valence-electron chi connectivity index (χ2n) is 5.76. The smallest absolute Gasteiger partial charge is 0.223 e. The van der Waals surface area contributed by atoms with Crippen LogP contribution in [0.1, 0.15) is 38.3 Å². The summed E-state index contributed by atoms with van der Waals surface area (Å²) in [5, 5.41) is 0.667. The first-order chi connectivity index (χ1) is 9.40. The van der Waals surface area contributed by atoms with Crippen molar-refractivity contribution in [1.82, 2.24) is 4.90 Å². The molecule has 20 heavy (non-hydrogen) atoms. The molecule has 1 saturated heterocycles. The summed E-state index contributed by atoms with van der Waals surface area (Å²) in [6, 6.07) is 5.69. The van der Waals surface area contributed by atoms with E-state index in [0.29, 0.717) is 17.4 Å². The maximum atomic E-state index is 12.2. The fourth-order valence-electron chi connectivity index (χ4n) is 2.71. The van der Waals surface area contributed by atoms with E-state index in [-0.39, 0.29) is 18.0 Å². The van der Waals surface area contributed by atoms with Crippen LogP contribution in [0.25, 0.3) is 0 Å². The molecule has 5 heteroatoms. The molecule has 0 aliphatic carbocycles. The van der Waals surface area contributed by atoms with E-state index in [2.05, 4.69) is 29.8 Å². The van der Waals surface area contributed by atoms with Crippen molar-refractivity contribution in [3.63, 3.8) is 0 Å². The van der Waals surface area contributed by atoms with Crippen molar-refractivity contribution in [2.45, 2.75) is 38.8 Å². The second-order valence-corrected chi connectivity index (χ2v) is 7.02. The molecule has 1 aromatic rings. The van der Waals surface area contributed by atoms with Crippen LogP contribution in [0, 0.1) is 5.92 Å². The van der Waals surface area contributed by atoms with Gasteiger partial charge in [0, 0.05) is 23.5 Å². The summed E-state index contributed by atoms with van der Waals surface area (Å²) in [6.45, 7) is 4.96. The van der Waals surface area contributed by atoms with Gasteiger partial charge in [-0.25, -0.2) is 0 Å². The van der Waals surface area contributed by atoms with Crippen LogP contribution in [0.4, 0.5) is 0 Å². The fourth-order valence-corrected chi connectivity index (χ4v) is 3.22. The van der Waals surface area contributed by atoms with E-state index in [4.69, 9.17) is 17.3 Å². The molecule has 1 heterocycles. The van der Waals surface area contributed by atoms with Crippen molar-refractivity contribution < 1.29 is 4.79 Å². The van der Waals surface area contributed by atoms with Gasteiger partial charge in [0.25, 0.3) is 0 Å². The molecule has 1 fully saturated rings. The summed E-state index contributed by atoms with van der Waals surface area (Å²) in [4.78, 5) is 14.2. The standard InChI is InChI=1S/C15H20BrClN2O/c1-9(2)8-19-14(20)6-5-13(18)15(19)10-3-4-12(17)11(16)7-10/h3-4,7,9,13,15H,5-6,8,18H2,1-2H3. The molecule has 110 valence electrons. The lowest BCUT2D eigenvalue weighted by molar-refractivity contribution is -0.138. The Labute approximate surface area is 133 Å². The first-order valence-electron chi connectivity index (χ1n) is 6.90. The minimum Gasteiger partial charge on any atom is -0.334 e. The molecule has 0 bridgehead atoms. The van der Waals surface area contributed by atoms with Gasteiger partial charge in [0.05, 0.1) is 11.1 Å². The quantitative estimate of drug-likeness (QED) is 0.893. The van der Waals surface area contributed by atoms with Crippen LogP contribution >= 0.6 is 27.5 Å². The van der Waals surface area contributed by atoms with Gasteiger partial charge < -0.3 is 10.6 Å². The Bertz CT molecular complexity index is 507. The van der Waals surface area contributed by atoms with Gasteiger partial charge in [-0.2, -0.15) is 0 Å². The minimum atomic E-state index is -0.0628. The number of halogens is 2. The van der Waals surface area contributed by atoms with Crippen molar-refractivity contribution in [2.24, 2.45) is 11.7 Å². The second kappa shape index (κ2) is 6.46. The Morgan fingerprint density at radius 2 is 2.20 bits per heavy atom. The number of rotatable bonds is 3. The molecule has 0 saturated carbocycles. The summed E-state index contributed by atoms with van der Waals surface area (Å²) in [5.41, 5.74) is 7.33. The van der Waals surface area contributed by atoms with Crippen LogP contribution in [-0.4, -0.2) is 23.4 Å². The number of nitrogens with zero attached hydrogens (tertiary/aromatic N) is 1. The first-order valence-corrected chi connectivity index (χ1v) is 8.07. The monoisotopic (exact) mass is 358 g/mol. The Hall–Kier alpha value is -0.580. The van der Waals surface area contributed by atoms with E-state index in [1.165, 1.54) is 0 Å². The van der Waals surface area contributed by atoms with Gasteiger partial charge in [-0.1, -0.05) is 31.5 Å². The predicted octanol–water partition coefficient (Wildman–Crippen LogP) is 3.75. The third-order valence-corrected chi connectivity index (χ3v) is 4.81. The number of likely N-dealkylation sites (tertiary alicyclic amines) is 1. The van der Waals surface area contributed by atoms with Gasteiger partial charge in [-0.15, -0.1) is 0 Å². The van der Waals surface area contributed by atoms with Crippen LogP contribution in [0.5, 0.6) is 0 Å². The first kappa shape index (κ1) is 15.8. The van der Waals surface area contributed by atoms with Gasteiger partial charge >= 0.3 is 0 Å². The number of hydrogen-bond acceptors (Lipinski definition) is 2. The van der Waals surface area contributed by atoms with Crippen molar-refractivity contribution in [3.8, 4) is 0 Å². The molecular formula is C15H20BrClN2O. The molecule has 2 rings (SSSR count). The summed E-state index contributed by atoms with van der Waals surface area (Å²) >= 11 is 9.49. The largest absolute Gasteiger partial charge is 0.334 e. The third kappa shape index (κ3) is 3.35. The molecule has 3 nitrogen and oxygen atoms in total. The zero-order valence-corrected chi connectivity index (χ0v) is 14.1. The number of carbonyl (C=O) groups excluding carboxylic acids is 1. The highest BCUT2D eigenvalue weighted by Gasteiger charge is 2.35. The van der Waals surface area contributed by atoms with Crippen molar-refractivity contribution in [1.29, 1.82) is 0 Å². The summed E-state index contributed by atoms with van der Waals surface area (Å²) < 4.78 is 0.839. The SMILES string of the molecule is CC(C)CN1C(=O)CCC(N)C1c1ccc(Cl)c(Br)c1. The normalized spacial score (nSPS) is 23.5. The van der Waals surface area contributed by atoms with Crippen molar-refractivity contribution in [3.05, 3.63) is 33.3 Å². The number of benzene rings is 1. The maximum Gasteiger partial charge on any atom is 0.223 e. The van der Waals surface area contributed by atoms with E-state index >= 15 is 0 Å². The summed E-state index contributed by atoms with van der Waals surface area (Å²) in [7, 11) is 0. The molecule has 0 radical (unpaired) electrons. The Balaban J connectivity index is 2.36. The molecular weight excluding hydrogens is 340 g/mol. The van der Waals surface area contributed by atoms with Gasteiger partial charge in [-0.3, -0.25) is 4.79 Å². The van der Waals surface area contributed by atoms with Gasteiger partial charge in [0.2, 0.25) is 5.91 Å². The van der Waals surface area contributed by atoms with E-state index in [1.54, 1.807) is 0 Å². The van der Waals surface area contributed by atoms with Crippen LogP contribution in [0.2, 0.25) is 5.02 Å². The molecule has 1 aromatic carbocycles. The van der Waals surface area contributed by atoms with Crippen LogP contribution in [0.15, 0.2) is 22.7 Å². The van der Waals surface area contributed by atoms with Crippen molar-refractivity contribution in [2.75, 3.05) is 6.54 Å². The lowest BCUT2D eigenvalue weighted by Gasteiger charge is -2.41. The number of amides is 1.